The molecule has 28 heavy (non-hydrogen) atoms. The molecule has 0 bridgehead atoms. The molecule has 146 valence electrons. The molecule has 0 unspecified atom stereocenters. The number of carbonyl (C=O) groups is 2. The monoisotopic (exact) mass is 401 g/mol. The highest BCUT2D eigenvalue weighted by molar-refractivity contribution is 6.32. The number of ether oxygens (including phenoxy) is 2. The summed E-state index contributed by atoms with van der Waals surface area (Å²) in [6.07, 6.45) is 1.61. The fourth-order valence-electron chi connectivity index (χ4n) is 2.94. The summed E-state index contributed by atoms with van der Waals surface area (Å²) in [5.74, 6) is 0.363. The first-order valence-corrected chi connectivity index (χ1v) is 9.01. The number of halogens is 1. The maximum absolute atomic E-state index is 12.5. The van der Waals surface area contributed by atoms with Gasteiger partial charge in [-0.25, -0.2) is 4.79 Å². The van der Waals surface area contributed by atoms with Gasteiger partial charge in [0.2, 0.25) is 0 Å². The summed E-state index contributed by atoms with van der Waals surface area (Å²) in [6, 6.07) is 10.1. The largest absolute Gasteiger partial charge is 0.495 e. The lowest BCUT2D eigenvalue weighted by Crippen LogP contribution is -2.15. The molecular formula is C21H20ClNO5. The first-order chi connectivity index (χ1) is 13.4. The van der Waals surface area contributed by atoms with Crippen LogP contribution >= 0.6 is 11.6 Å². The van der Waals surface area contributed by atoms with Crippen LogP contribution in [0.25, 0.3) is 0 Å². The third-order valence-electron chi connectivity index (χ3n) is 4.50. The van der Waals surface area contributed by atoms with Crippen LogP contribution in [-0.2, 0) is 11.3 Å². The number of benzene rings is 1. The van der Waals surface area contributed by atoms with Gasteiger partial charge in [0.05, 0.1) is 30.5 Å². The first-order valence-electron chi connectivity index (χ1n) is 8.63. The van der Waals surface area contributed by atoms with Gasteiger partial charge in [-0.3, -0.25) is 4.79 Å². The molecule has 0 atom stereocenters. The van der Waals surface area contributed by atoms with Gasteiger partial charge in [-0.05, 0) is 50.2 Å². The van der Waals surface area contributed by atoms with E-state index in [0.717, 1.165) is 17.1 Å². The molecule has 6 nitrogen and oxygen atoms in total. The third kappa shape index (κ3) is 4.12. The highest BCUT2D eigenvalue weighted by Crippen LogP contribution is 2.25. The van der Waals surface area contributed by atoms with Crippen LogP contribution in [0.4, 0.5) is 0 Å². The lowest BCUT2D eigenvalue weighted by atomic mass is 10.1. The van der Waals surface area contributed by atoms with Crippen LogP contribution in [0.3, 0.4) is 0 Å². The number of furan rings is 1. The molecule has 0 N–H and O–H groups in total. The van der Waals surface area contributed by atoms with E-state index in [-0.39, 0.29) is 12.4 Å². The maximum atomic E-state index is 12.5. The summed E-state index contributed by atoms with van der Waals surface area (Å²) in [5.41, 5.74) is 2.42. The SMILES string of the molecule is COc1ccc(C(=O)COC(=O)c2cc(C)n(Cc3ccco3)c2C)cc1Cl. The van der Waals surface area contributed by atoms with E-state index in [1.807, 2.05) is 30.5 Å². The van der Waals surface area contributed by atoms with Crippen molar-refractivity contribution in [2.75, 3.05) is 13.7 Å². The summed E-state index contributed by atoms with van der Waals surface area (Å²) >= 11 is 6.04. The number of methoxy groups -OCH3 is 1. The zero-order valence-electron chi connectivity index (χ0n) is 15.8. The Bertz CT molecular complexity index is 1000. The van der Waals surface area contributed by atoms with Crippen molar-refractivity contribution in [3.05, 3.63) is 76.0 Å². The molecule has 2 heterocycles. The second-order valence-electron chi connectivity index (χ2n) is 6.30. The number of ketones is 1. The molecule has 0 saturated carbocycles. The van der Waals surface area contributed by atoms with Gasteiger partial charge < -0.3 is 18.5 Å². The van der Waals surface area contributed by atoms with Crippen LogP contribution in [0.2, 0.25) is 5.02 Å². The molecule has 7 heteroatoms. The van der Waals surface area contributed by atoms with Gasteiger partial charge in [0, 0.05) is 17.0 Å². The molecule has 3 rings (SSSR count). The number of Topliss-reactive ketones (excluding diaryl/α,β-unsaturated/α-hetero) is 1. The van der Waals surface area contributed by atoms with Crippen LogP contribution in [0.15, 0.2) is 47.1 Å². The predicted molar refractivity (Wildman–Crippen MR) is 104 cm³/mol. The highest BCUT2D eigenvalue weighted by Gasteiger charge is 2.19. The summed E-state index contributed by atoms with van der Waals surface area (Å²) in [6.45, 7) is 3.87. The number of esters is 1. The van der Waals surface area contributed by atoms with E-state index in [0.29, 0.717) is 28.4 Å². The Balaban J connectivity index is 1.68. The smallest absolute Gasteiger partial charge is 0.340 e. The molecule has 3 aromatic rings. The molecule has 0 radical (unpaired) electrons. The number of nitrogens with zero attached hydrogens (tertiary/aromatic N) is 1. The summed E-state index contributed by atoms with van der Waals surface area (Å²) in [5, 5.41) is 0.321. The van der Waals surface area contributed by atoms with Crippen molar-refractivity contribution in [2.45, 2.75) is 20.4 Å². The number of carbonyl (C=O) groups excluding carboxylic acids is 2. The van der Waals surface area contributed by atoms with E-state index >= 15 is 0 Å². The second-order valence-corrected chi connectivity index (χ2v) is 6.71. The molecule has 1 aromatic carbocycles. The number of hydrogen-bond donors (Lipinski definition) is 0. The maximum Gasteiger partial charge on any atom is 0.340 e. The van der Waals surface area contributed by atoms with E-state index in [2.05, 4.69) is 0 Å². The minimum absolute atomic E-state index is 0.321. The normalized spacial score (nSPS) is 10.7. The number of aromatic nitrogens is 1. The standard InChI is InChI=1S/C21H20ClNO5/c1-13-9-17(14(2)23(13)11-16-5-4-8-27-16)21(25)28-12-19(24)15-6-7-20(26-3)18(22)10-15/h4-10H,11-12H2,1-3H3. The molecule has 0 aliphatic carbocycles. The Morgan fingerprint density at radius 2 is 1.96 bits per heavy atom. The topological polar surface area (TPSA) is 70.7 Å². The van der Waals surface area contributed by atoms with E-state index < -0.39 is 5.97 Å². The third-order valence-corrected chi connectivity index (χ3v) is 4.79. The van der Waals surface area contributed by atoms with Gasteiger partial charge in [-0.2, -0.15) is 0 Å². The fraction of sp³-hybridized carbons (Fsp3) is 0.238. The van der Waals surface area contributed by atoms with Crippen molar-refractivity contribution < 1.29 is 23.5 Å². The van der Waals surface area contributed by atoms with Crippen LogP contribution in [0.5, 0.6) is 5.75 Å². The van der Waals surface area contributed by atoms with Crippen molar-refractivity contribution in [1.82, 2.24) is 4.57 Å². The summed E-state index contributed by atoms with van der Waals surface area (Å²) in [4.78, 5) is 24.8. The predicted octanol–water partition coefficient (Wildman–Crippen LogP) is 4.45. The van der Waals surface area contributed by atoms with Gasteiger partial charge in [-0.1, -0.05) is 11.6 Å². The van der Waals surface area contributed by atoms with Crippen molar-refractivity contribution in [3.8, 4) is 5.75 Å². The molecule has 2 aromatic heterocycles. The van der Waals surface area contributed by atoms with Gasteiger partial charge >= 0.3 is 5.97 Å². The number of hydrogen-bond acceptors (Lipinski definition) is 5. The second kappa shape index (κ2) is 8.35. The average molecular weight is 402 g/mol. The van der Waals surface area contributed by atoms with E-state index in [1.54, 1.807) is 24.5 Å². The highest BCUT2D eigenvalue weighted by atomic mass is 35.5. The van der Waals surface area contributed by atoms with Crippen LogP contribution in [0.1, 0.15) is 37.9 Å². The minimum atomic E-state index is -0.549. The van der Waals surface area contributed by atoms with Crippen molar-refractivity contribution in [1.29, 1.82) is 0 Å². The molecule has 0 fully saturated rings. The van der Waals surface area contributed by atoms with Crippen molar-refractivity contribution in [2.24, 2.45) is 0 Å². The fourth-order valence-corrected chi connectivity index (χ4v) is 3.20. The molecule has 0 saturated heterocycles. The Hall–Kier alpha value is -2.99. The molecular weight excluding hydrogens is 382 g/mol. The quantitative estimate of drug-likeness (QED) is 0.432. The van der Waals surface area contributed by atoms with E-state index in [4.69, 9.17) is 25.5 Å². The molecule has 0 spiro atoms. The molecule has 0 aliphatic rings. The number of rotatable bonds is 7. The Labute approximate surface area is 167 Å². The zero-order valence-corrected chi connectivity index (χ0v) is 16.6. The lowest BCUT2D eigenvalue weighted by Gasteiger charge is -2.08. The average Bonchev–Trinajstić information content (AvgIpc) is 3.29. The van der Waals surface area contributed by atoms with Crippen LogP contribution < -0.4 is 4.74 Å². The van der Waals surface area contributed by atoms with Gasteiger partial charge in [0.15, 0.2) is 12.4 Å². The van der Waals surface area contributed by atoms with E-state index in [1.165, 1.54) is 13.2 Å². The lowest BCUT2D eigenvalue weighted by molar-refractivity contribution is 0.0474. The van der Waals surface area contributed by atoms with Crippen LogP contribution in [-0.4, -0.2) is 30.0 Å². The molecule has 0 amide bonds. The van der Waals surface area contributed by atoms with Crippen molar-refractivity contribution in [3.63, 3.8) is 0 Å². The summed E-state index contributed by atoms with van der Waals surface area (Å²) < 4.78 is 17.6. The van der Waals surface area contributed by atoms with E-state index in [9.17, 15) is 9.59 Å². The molecule has 0 aliphatic heterocycles. The van der Waals surface area contributed by atoms with Gasteiger partial charge in [-0.15, -0.1) is 0 Å². The van der Waals surface area contributed by atoms with Crippen LogP contribution in [0, 0.1) is 13.8 Å². The Kier molecular flexibility index (Phi) is 5.90. The number of aryl methyl sites for hydroxylation is 1. The van der Waals surface area contributed by atoms with Gasteiger partial charge in [0.25, 0.3) is 0 Å². The Morgan fingerprint density at radius 1 is 1.18 bits per heavy atom. The minimum Gasteiger partial charge on any atom is -0.495 e. The van der Waals surface area contributed by atoms with Crippen molar-refractivity contribution >= 4 is 23.4 Å². The summed E-state index contributed by atoms with van der Waals surface area (Å²) in [7, 11) is 1.49. The zero-order chi connectivity index (χ0) is 20.3. The first kappa shape index (κ1) is 19.8. The van der Waals surface area contributed by atoms with Gasteiger partial charge in [0.1, 0.15) is 11.5 Å². The Morgan fingerprint density at radius 3 is 2.61 bits per heavy atom.